The third-order valence-corrected chi connectivity index (χ3v) is 6.19. The van der Waals surface area contributed by atoms with E-state index in [1.54, 1.807) is 79.2 Å². The van der Waals surface area contributed by atoms with Gasteiger partial charge in [0.05, 0.1) is 0 Å². The molecule has 0 aliphatic rings. The highest BCUT2D eigenvalue weighted by molar-refractivity contribution is 6.37. The zero-order valence-electron chi connectivity index (χ0n) is 16.5. The SMILES string of the molecule is Fc1c([CH]Cc2cccc(-c3ccc(Cl)cc3Cl)c2F)cccc1-c1ccc(Cl)cc1Cl. The second kappa shape index (κ2) is 9.80. The van der Waals surface area contributed by atoms with Crippen LogP contribution in [0.5, 0.6) is 0 Å². The maximum Gasteiger partial charge on any atom is 0.134 e. The normalized spacial score (nSPS) is 11.1. The third kappa shape index (κ3) is 4.79. The van der Waals surface area contributed by atoms with Crippen molar-refractivity contribution >= 4 is 46.4 Å². The number of benzene rings is 4. The van der Waals surface area contributed by atoms with Gasteiger partial charge in [-0.25, -0.2) is 8.78 Å². The first-order valence-electron chi connectivity index (χ1n) is 9.65. The average molecular weight is 507 g/mol. The van der Waals surface area contributed by atoms with E-state index < -0.39 is 11.6 Å². The summed E-state index contributed by atoms with van der Waals surface area (Å²) in [7, 11) is 0. The van der Waals surface area contributed by atoms with Crippen LogP contribution in [0.4, 0.5) is 8.78 Å². The molecule has 0 N–H and O–H groups in total. The van der Waals surface area contributed by atoms with Crippen LogP contribution in [0, 0.1) is 18.1 Å². The van der Waals surface area contributed by atoms with E-state index in [4.69, 9.17) is 46.4 Å². The van der Waals surface area contributed by atoms with Crippen LogP contribution in [0.3, 0.4) is 0 Å². The molecule has 0 bridgehead atoms. The van der Waals surface area contributed by atoms with Gasteiger partial charge in [-0.2, -0.15) is 0 Å². The van der Waals surface area contributed by atoms with Gasteiger partial charge in [-0.15, -0.1) is 0 Å². The first kappa shape index (κ1) is 23.1. The topological polar surface area (TPSA) is 0 Å². The van der Waals surface area contributed by atoms with Gasteiger partial charge >= 0.3 is 0 Å². The first-order chi connectivity index (χ1) is 15.3. The van der Waals surface area contributed by atoms with E-state index in [-0.39, 0.29) is 6.42 Å². The molecule has 32 heavy (non-hydrogen) atoms. The minimum atomic E-state index is -0.436. The van der Waals surface area contributed by atoms with E-state index in [1.807, 2.05) is 0 Å². The summed E-state index contributed by atoms with van der Waals surface area (Å²) in [5, 5.41) is 1.65. The summed E-state index contributed by atoms with van der Waals surface area (Å²) in [6.07, 6.45) is 1.84. The van der Waals surface area contributed by atoms with Crippen LogP contribution in [-0.2, 0) is 6.42 Å². The number of rotatable bonds is 5. The fourth-order valence-corrected chi connectivity index (χ4v) is 4.52. The van der Waals surface area contributed by atoms with Crippen molar-refractivity contribution in [2.24, 2.45) is 0 Å². The summed E-state index contributed by atoms with van der Waals surface area (Å²) in [4.78, 5) is 0. The molecule has 6 heteroatoms. The highest BCUT2D eigenvalue weighted by Crippen LogP contribution is 2.35. The Labute approximate surface area is 205 Å². The second-order valence-electron chi connectivity index (χ2n) is 7.14. The summed E-state index contributed by atoms with van der Waals surface area (Å²) in [6.45, 7) is 0. The highest BCUT2D eigenvalue weighted by Gasteiger charge is 2.16. The smallest absolute Gasteiger partial charge is 0.134 e. The minimum absolute atomic E-state index is 0.194. The quantitative estimate of drug-likeness (QED) is 0.252. The van der Waals surface area contributed by atoms with Gasteiger partial charge in [0.25, 0.3) is 0 Å². The molecule has 0 heterocycles. The lowest BCUT2D eigenvalue weighted by atomic mass is 9.96. The summed E-state index contributed by atoms with van der Waals surface area (Å²) in [5.41, 5.74) is 2.56. The van der Waals surface area contributed by atoms with Crippen molar-refractivity contribution in [1.29, 1.82) is 0 Å². The van der Waals surface area contributed by atoms with Crippen LogP contribution >= 0.6 is 46.4 Å². The summed E-state index contributed by atoms with van der Waals surface area (Å²) < 4.78 is 30.5. The molecule has 0 unspecified atom stereocenters. The lowest BCUT2D eigenvalue weighted by Crippen LogP contribution is -1.99. The number of halogens is 6. The molecule has 0 fully saturated rings. The van der Waals surface area contributed by atoms with Gasteiger partial charge in [0.2, 0.25) is 0 Å². The zero-order valence-corrected chi connectivity index (χ0v) is 19.5. The predicted octanol–water partition coefficient (Wildman–Crippen LogP) is 9.71. The number of hydrogen-bond donors (Lipinski definition) is 0. The standard InChI is InChI=1S/C26H15Cl4F2/c27-17-9-11-19(23(29)13-17)21-5-1-3-15(25(21)31)7-8-16-4-2-6-22(26(16)32)20-12-10-18(28)14-24(20)30/h1-7,9-14H,8H2. The Morgan fingerprint density at radius 3 is 1.69 bits per heavy atom. The van der Waals surface area contributed by atoms with Gasteiger partial charge in [0, 0.05) is 42.3 Å². The van der Waals surface area contributed by atoms with Crippen molar-refractivity contribution in [1.82, 2.24) is 0 Å². The average Bonchev–Trinajstić information content (AvgIpc) is 2.75. The Kier molecular flexibility index (Phi) is 7.07. The van der Waals surface area contributed by atoms with Crippen molar-refractivity contribution in [3.63, 3.8) is 0 Å². The molecule has 0 saturated carbocycles. The predicted molar refractivity (Wildman–Crippen MR) is 131 cm³/mol. The van der Waals surface area contributed by atoms with Crippen molar-refractivity contribution < 1.29 is 8.78 Å². The maximum absolute atomic E-state index is 15.2. The molecule has 0 amide bonds. The van der Waals surface area contributed by atoms with Gasteiger partial charge in [0.15, 0.2) is 0 Å². The maximum atomic E-state index is 15.2. The molecular weight excluding hydrogens is 492 g/mol. The Hall–Kier alpha value is -2.10. The Morgan fingerprint density at radius 2 is 1.12 bits per heavy atom. The van der Waals surface area contributed by atoms with Crippen LogP contribution < -0.4 is 0 Å². The first-order valence-corrected chi connectivity index (χ1v) is 11.2. The minimum Gasteiger partial charge on any atom is -0.206 e. The molecule has 1 radical (unpaired) electrons. The Bertz CT molecular complexity index is 1200. The highest BCUT2D eigenvalue weighted by atomic mass is 35.5. The van der Waals surface area contributed by atoms with Gasteiger partial charge in [-0.1, -0.05) is 94.9 Å². The van der Waals surface area contributed by atoms with E-state index >= 15 is 8.78 Å². The molecule has 4 aromatic carbocycles. The third-order valence-electron chi connectivity index (χ3n) is 5.09. The second-order valence-corrected chi connectivity index (χ2v) is 8.83. The molecule has 0 atom stereocenters. The van der Waals surface area contributed by atoms with E-state index in [0.29, 0.717) is 53.5 Å². The van der Waals surface area contributed by atoms with Crippen molar-refractivity contribution in [3.05, 3.63) is 122 Å². The Balaban J connectivity index is 1.62. The van der Waals surface area contributed by atoms with Gasteiger partial charge in [-0.05, 0) is 48.2 Å². The molecule has 0 aliphatic carbocycles. The fraction of sp³-hybridized carbons (Fsp3) is 0.0385. The monoisotopic (exact) mass is 505 g/mol. The van der Waals surface area contributed by atoms with Crippen LogP contribution in [0.2, 0.25) is 20.1 Å². The van der Waals surface area contributed by atoms with Gasteiger partial charge in [0.1, 0.15) is 11.6 Å². The molecule has 161 valence electrons. The molecule has 0 aliphatic heterocycles. The number of hydrogen-bond acceptors (Lipinski definition) is 0. The summed E-state index contributed by atoms with van der Waals surface area (Å²) >= 11 is 24.4. The van der Waals surface area contributed by atoms with E-state index in [9.17, 15) is 0 Å². The molecular formula is C26H15Cl4F2. The lowest BCUT2D eigenvalue weighted by Gasteiger charge is -2.12. The Morgan fingerprint density at radius 1 is 0.594 bits per heavy atom. The molecule has 0 saturated heterocycles. The van der Waals surface area contributed by atoms with E-state index in [1.165, 1.54) is 0 Å². The van der Waals surface area contributed by atoms with Crippen LogP contribution in [0.1, 0.15) is 11.1 Å². The van der Waals surface area contributed by atoms with Gasteiger partial charge < -0.3 is 0 Å². The van der Waals surface area contributed by atoms with Crippen LogP contribution in [-0.4, -0.2) is 0 Å². The largest absolute Gasteiger partial charge is 0.206 e. The van der Waals surface area contributed by atoms with Gasteiger partial charge in [-0.3, -0.25) is 0 Å². The van der Waals surface area contributed by atoms with Crippen molar-refractivity contribution in [3.8, 4) is 22.3 Å². The molecule has 0 aromatic heterocycles. The van der Waals surface area contributed by atoms with Crippen molar-refractivity contribution in [2.75, 3.05) is 0 Å². The fourth-order valence-electron chi connectivity index (χ4n) is 3.50. The van der Waals surface area contributed by atoms with E-state index in [0.717, 1.165) is 0 Å². The zero-order chi connectivity index (χ0) is 22.8. The molecule has 4 aromatic rings. The molecule has 0 nitrogen and oxygen atoms in total. The summed E-state index contributed by atoms with van der Waals surface area (Å²) in [6, 6.07) is 19.9. The van der Waals surface area contributed by atoms with Crippen molar-refractivity contribution in [2.45, 2.75) is 6.42 Å². The summed E-state index contributed by atoms with van der Waals surface area (Å²) in [5.74, 6) is -0.848. The van der Waals surface area contributed by atoms with E-state index in [2.05, 4.69) is 0 Å². The lowest BCUT2D eigenvalue weighted by molar-refractivity contribution is 0.612. The molecule has 0 spiro atoms. The molecule has 4 rings (SSSR count). The van der Waals surface area contributed by atoms with Crippen LogP contribution in [0.25, 0.3) is 22.3 Å². The van der Waals surface area contributed by atoms with Crippen LogP contribution in [0.15, 0.2) is 72.8 Å².